The molecule has 0 saturated carbocycles. The van der Waals surface area contributed by atoms with Gasteiger partial charge in [0.25, 0.3) is 0 Å². The van der Waals surface area contributed by atoms with Crippen LogP contribution in [0.5, 0.6) is 0 Å². The van der Waals surface area contributed by atoms with E-state index in [0.717, 1.165) is 31.1 Å². The van der Waals surface area contributed by atoms with Crippen LogP contribution in [0.2, 0.25) is 0 Å². The van der Waals surface area contributed by atoms with Crippen LogP contribution in [0.1, 0.15) is 27.7 Å². The van der Waals surface area contributed by atoms with Crippen molar-refractivity contribution in [1.29, 1.82) is 0 Å². The Morgan fingerprint density at radius 1 is 0.652 bits per heavy atom. The van der Waals surface area contributed by atoms with Crippen molar-refractivity contribution >= 4 is 17.9 Å². The van der Waals surface area contributed by atoms with Gasteiger partial charge in [-0.25, -0.2) is 0 Å². The van der Waals surface area contributed by atoms with Gasteiger partial charge in [0.1, 0.15) is 0 Å². The highest BCUT2D eigenvalue weighted by molar-refractivity contribution is 5.75. The molecule has 0 aromatic rings. The Bertz CT molecular complexity index is 265. The zero-order valence-corrected chi connectivity index (χ0v) is 14.5. The fraction of sp³-hybridized carbons (Fsp3) is 0.786. The molecule has 5 N–H and O–H groups in total. The molecule has 0 unspecified atom stereocenters. The summed E-state index contributed by atoms with van der Waals surface area (Å²) in [6, 6.07) is 0. The minimum absolute atomic E-state index is 0.599. The molecule has 0 aromatic heterocycles. The lowest BCUT2D eigenvalue weighted by molar-refractivity contribution is -0.144. The summed E-state index contributed by atoms with van der Waals surface area (Å²) in [4.78, 5) is 31.2. The monoisotopic (exact) mass is 337 g/mol. The molecule has 0 radical (unpaired) electrons. The maximum absolute atomic E-state index is 10.1. The number of carbonyl (C=O) groups is 3. The van der Waals surface area contributed by atoms with E-state index in [2.05, 4.69) is 38.3 Å². The normalized spacial score (nSPS) is 9.26. The number of carboxylic acids is 3. The molecule has 0 rings (SSSR count). The molecule has 0 spiro atoms. The summed E-state index contributed by atoms with van der Waals surface area (Å²) >= 11 is 0. The first-order chi connectivity index (χ1) is 10.7. The van der Waals surface area contributed by atoms with Gasteiger partial charge in [-0.3, -0.25) is 19.3 Å². The standard InChI is InChI=1S/C6H9NO6.2C4H11N/c8-4(9)1-7(2-5(10)11)3-6(12)13;2*1-3-5-4-2/h1-3H2,(H,8,9)(H,10,11)(H,12,13);2*5H,3-4H2,1-2H3. The molecule has 0 aliphatic rings. The van der Waals surface area contributed by atoms with Crippen molar-refractivity contribution in [1.82, 2.24) is 15.5 Å². The summed E-state index contributed by atoms with van der Waals surface area (Å²) in [5.41, 5.74) is 0. The number of nitrogens with zero attached hydrogens (tertiary/aromatic N) is 1. The second-order valence-corrected chi connectivity index (χ2v) is 4.24. The highest BCUT2D eigenvalue weighted by Gasteiger charge is 2.15. The van der Waals surface area contributed by atoms with E-state index in [0.29, 0.717) is 0 Å². The summed E-state index contributed by atoms with van der Waals surface area (Å²) in [6.45, 7) is 11.0. The first kappa shape index (κ1) is 26.2. The van der Waals surface area contributed by atoms with E-state index in [9.17, 15) is 14.4 Å². The lowest BCUT2D eigenvalue weighted by atomic mass is 10.4. The molecule has 9 nitrogen and oxygen atoms in total. The van der Waals surface area contributed by atoms with Gasteiger partial charge < -0.3 is 26.0 Å². The van der Waals surface area contributed by atoms with Crippen LogP contribution in [0.3, 0.4) is 0 Å². The predicted octanol–water partition coefficient (Wildman–Crippen LogP) is -0.226. The van der Waals surface area contributed by atoms with Gasteiger partial charge >= 0.3 is 17.9 Å². The number of hydrogen-bond donors (Lipinski definition) is 5. The van der Waals surface area contributed by atoms with Crippen LogP contribution in [0, 0.1) is 0 Å². The van der Waals surface area contributed by atoms with Crippen LogP contribution in [0.25, 0.3) is 0 Å². The molecule has 0 atom stereocenters. The van der Waals surface area contributed by atoms with Crippen molar-refractivity contribution in [3.05, 3.63) is 0 Å². The molecule has 138 valence electrons. The Morgan fingerprint density at radius 3 is 0.957 bits per heavy atom. The maximum atomic E-state index is 10.1. The van der Waals surface area contributed by atoms with Gasteiger partial charge in [-0.1, -0.05) is 27.7 Å². The summed E-state index contributed by atoms with van der Waals surface area (Å²) in [5.74, 6) is -3.78. The first-order valence-corrected chi connectivity index (χ1v) is 7.54. The van der Waals surface area contributed by atoms with Gasteiger partial charge in [0.15, 0.2) is 0 Å². The number of hydrogen-bond acceptors (Lipinski definition) is 6. The topological polar surface area (TPSA) is 139 Å². The molecule has 0 heterocycles. The highest BCUT2D eigenvalue weighted by Crippen LogP contribution is 1.87. The van der Waals surface area contributed by atoms with E-state index in [-0.39, 0.29) is 0 Å². The third-order valence-corrected chi connectivity index (χ3v) is 2.08. The van der Waals surface area contributed by atoms with Crippen molar-refractivity contribution in [2.75, 3.05) is 45.8 Å². The molecule has 0 aliphatic heterocycles. The smallest absolute Gasteiger partial charge is 0.317 e. The summed E-state index contributed by atoms with van der Waals surface area (Å²) in [5, 5.41) is 31.1. The molecule has 0 bridgehead atoms. The van der Waals surface area contributed by atoms with E-state index in [1.165, 1.54) is 0 Å². The van der Waals surface area contributed by atoms with E-state index in [1.54, 1.807) is 0 Å². The zero-order valence-electron chi connectivity index (χ0n) is 14.5. The maximum Gasteiger partial charge on any atom is 0.317 e. The molecule has 0 saturated heterocycles. The van der Waals surface area contributed by atoms with Gasteiger partial charge in [0.05, 0.1) is 19.6 Å². The quantitative estimate of drug-likeness (QED) is 0.366. The van der Waals surface area contributed by atoms with E-state index >= 15 is 0 Å². The fourth-order valence-electron chi connectivity index (χ4n) is 1.24. The SMILES string of the molecule is CCNCC.CCNCC.O=C(O)CN(CC(=O)O)CC(=O)O. The van der Waals surface area contributed by atoms with Gasteiger partial charge in [-0.2, -0.15) is 0 Å². The molecule has 0 aliphatic carbocycles. The van der Waals surface area contributed by atoms with Gasteiger partial charge in [0.2, 0.25) is 0 Å². The number of rotatable bonds is 10. The average molecular weight is 337 g/mol. The van der Waals surface area contributed by atoms with Crippen molar-refractivity contribution in [2.24, 2.45) is 0 Å². The van der Waals surface area contributed by atoms with E-state index in [1.807, 2.05) is 0 Å². The van der Waals surface area contributed by atoms with Gasteiger partial charge in [-0.15, -0.1) is 0 Å². The van der Waals surface area contributed by atoms with Crippen molar-refractivity contribution in [2.45, 2.75) is 27.7 Å². The Hall–Kier alpha value is -1.71. The molecule has 23 heavy (non-hydrogen) atoms. The van der Waals surface area contributed by atoms with Crippen LogP contribution >= 0.6 is 0 Å². The molecular formula is C14H31N3O6. The van der Waals surface area contributed by atoms with Crippen LogP contribution in [-0.2, 0) is 14.4 Å². The van der Waals surface area contributed by atoms with Crippen LogP contribution in [-0.4, -0.2) is 83.9 Å². The highest BCUT2D eigenvalue weighted by atomic mass is 16.4. The largest absolute Gasteiger partial charge is 0.480 e. The van der Waals surface area contributed by atoms with Crippen molar-refractivity contribution < 1.29 is 29.7 Å². The lowest BCUT2D eigenvalue weighted by Crippen LogP contribution is -2.38. The Balaban J connectivity index is -0.000000329. The second-order valence-electron chi connectivity index (χ2n) is 4.24. The predicted molar refractivity (Wildman–Crippen MR) is 87.8 cm³/mol. The second kappa shape index (κ2) is 20.3. The third-order valence-electron chi connectivity index (χ3n) is 2.08. The molecule has 9 heteroatoms. The van der Waals surface area contributed by atoms with Crippen LogP contribution in [0.15, 0.2) is 0 Å². The lowest BCUT2D eigenvalue weighted by Gasteiger charge is -2.14. The zero-order chi connectivity index (χ0) is 18.7. The van der Waals surface area contributed by atoms with E-state index in [4.69, 9.17) is 15.3 Å². The summed E-state index contributed by atoms with van der Waals surface area (Å²) in [6.07, 6.45) is 0. The average Bonchev–Trinajstić information content (AvgIpc) is 2.39. The third kappa shape index (κ3) is 33.2. The van der Waals surface area contributed by atoms with Crippen molar-refractivity contribution in [3.8, 4) is 0 Å². The molecule has 0 amide bonds. The molecule has 0 aromatic carbocycles. The number of carboxylic acid groups (broad SMARTS) is 3. The summed E-state index contributed by atoms with van der Waals surface area (Å²) in [7, 11) is 0. The minimum atomic E-state index is -1.26. The number of aliphatic carboxylic acids is 3. The Labute approximate surface area is 137 Å². The first-order valence-electron chi connectivity index (χ1n) is 7.54. The van der Waals surface area contributed by atoms with Crippen molar-refractivity contribution in [3.63, 3.8) is 0 Å². The molecule has 0 fully saturated rings. The number of nitrogens with one attached hydrogen (secondary N) is 2. The Morgan fingerprint density at radius 2 is 0.870 bits per heavy atom. The van der Waals surface area contributed by atoms with Crippen LogP contribution < -0.4 is 10.6 Å². The van der Waals surface area contributed by atoms with Gasteiger partial charge in [0, 0.05) is 0 Å². The molecular weight excluding hydrogens is 306 g/mol. The summed E-state index contributed by atoms with van der Waals surface area (Å²) < 4.78 is 0. The van der Waals surface area contributed by atoms with Gasteiger partial charge in [-0.05, 0) is 26.2 Å². The van der Waals surface area contributed by atoms with E-state index < -0.39 is 37.5 Å². The minimum Gasteiger partial charge on any atom is -0.480 e. The fourth-order valence-corrected chi connectivity index (χ4v) is 1.24. The Kier molecular flexibility index (Phi) is 23.1. The van der Waals surface area contributed by atoms with Crippen LogP contribution in [0.4, 0.5) is 0 Å².